The fourth-order valence-electron chi connectivity index (χ4n) is 2.61. The van der Waals surface area contributed by atoms with Crippen LogP contribution in [0.1, 0.15) is 23.1 Å². The molecule has 0 unspecified atom stereocenters. The van der Waals surface area contributed by atoms with Crippen LogP contribution < -0.4 is 10.2 Å². The molecule has 0 bridgehead atoms. The second-order valence-electron chi connectivity index (χ2n) is 5.74. The van der Waals surface area contributed by atoms with Crippen molar-refractivity contribution in [2.24, 2.45) is 0 Å². The van der Waals surface area contributed by atoms with E-state index in [1.165, 1.54) is 0 Å². The van der Waals surface area contributed by atoms with Crippen LogP contribution >= 0.6 is 0 Å². The van der Waals surface area contributed by atoms with Crippen molar-refractivity contribution in [3.63, 3.8) is 0 Å². The topological polar surface area (TPSA) is 91.3 Å². The Kier molecular flexibility index (Phi) is 5.17. The number of anilines is 1. The molecular weight excluding hydrogens is 320 g/mol. The van der Waals surface area contributed by atoms with Crippen LogP contribution in [0.3, 0.4) is 0 Å². The summed E-state index contributed by atoms with van der Waals surface area (Å²) in [4.78, 5) is 40.2. The Bertz CT molecular complexity index is 744. The molecule has 0 atom stereocenters. The first kappa shape index (κ1) is 16.8. The number of rotatable bonds is 4. The van der Waals surface area contributed by atoms with E-state index in [1.807, 2.05) is 23.1 Å². The van der Waals surface area contributed by atoms with Crippen LogP contribution in [0.15, 0.2) is 36.7 Å². The van der Waals surface area contributed by atoms with Crippen molar-refractivity contribution in [1.82, 2.24) is 25.2 Å². The molecule has 1 aliphatic heterocycles. The van der Waals surface area contributed by atoms with Crippen molar-refractivity contribution in [3.8, 4) is 0 Å². The zero-order chi connectivity index (χ0) is 17.6. The van der Waals surface area contributed by atoms with Gasteiger partial charge in [0.15, 0.2) is 0 Å². The van der Waals surface area contributed by atoms with Crippen LogP contribution in [0.25, 0.3) is 0 Å². The normalized spacial score (nSPS) is 14.3. The molecule has 1 saturated heterocycles. The molecule has 2 aromatic heterocycles. The van der Waals surface area contributed by atoms with Crippen molar-refractivity contribution < 1.29 is 9.59 Å². The molecule has 0 radical (unpaired) electrons. The van der Waals surface area contributed by atoms with Gasteiger partial charge in [-0.15, -0.1) is 0 Å². The standard InChI is InChI=1S/C17H20N6O2/c1-13(24)22-8-10-23(11-9-22)17-19-7-5-15(21-17)16(25)20-12-14-4-2-3-6-18-14/h2-7H,8-12H2,1H3,(H,20,25). The molecule has 2 aromatic rings. The predicted molar refractivity (Wildman–Crippen MR) is 91.9 cm³/mol. The number of nitrogens with zero attached hydrogens (tertiary/aromatic N) is 5. The first-order valence-corrected chi connectivity index (χ1v) is 8.15. The number of piperazine rings is 1. The number of hydrogen-bond acceptors (Lipinski definition) is 6. The van der Waals surface area contributed by atoms with Gasteiger partial charge in [-0.25, -0.2) is 9.97 Å². The van der Waals surface area contributed by atoms with Crippen molar-refractivity contribution in [2.45, 2.75) is 13.5 Å². The van der Waals surface area contributed by atoms with Crippen molar-refractivity contribution in [2.75, 3.05) is 31.1 Å². The van der Waals surface area contributed by atoms with Crippen LogP contribution in [0.5, 0.6) is 0 Å². The van der Waals surface area contributed by atoms with Crippen LogP contribution in [-0.4, -0.2) is 57.8 Å². The summed E-state index contributed by atoms with van der Waals surface area (Å²) in [6.07, 6.45) is 3.26. The molecule has 0 aromatic carbocycles. The second-order valence-corrected chi connectivity index (χ2v) is 5.74. The quantitative estimate of drug-likeness (QED) is 0.870. The smallest absolute Gasteiger partial charge is 0.270 e. The van der Waals surface area contributed by atoms with Crippen LogP contribution in [0.4, 0.5) is 5.95 Å². The second kappa shape index (κ2) is 7.69. The molecule has 1 N–H and O–H groups in total. The fourth-order valence-corrected chi connectivity index (χ4v) is 2.61. The predicted octanol–water partition coefficient (Wildman–Crippen LogP) is 0.470. The highest BCUT2D eigenvalue weighted by Crippen LogP contribution is 2.11. The summed E-state index contributed by atoms with van der Waals surface area (Å²) in [5.41, 5.74) is 1.10. The van der Waals surface area contributed by atoms with E-state index in [-0.39, 0.29) is 11.8 Å². The highest BCUT2D eigenvalue weighted by molar-refractivity contribution is 5.92. The maximum atomic E-state index is 12.3. The van der Waals surface area contributed by atoms with Gasteiger partial charge in [0.1, 0.15) is 5.69 Å². The first-order chi connectivity index (χ1) is 12.1. The molecule has 8 heteroatoms. The monoisotopic (exact) mass is 340 g/mol. The van der Waals surface area contributed by atoms with Gasteiger partial charge >= 0.3 is 0 Å². The van der Waals surface area contributed by atoms with E-state index in [0.717, 1.165) is 5.69 Å². The van der Waals surface area contributed by atoms with Gasteiger partial charge in [0.2, 0.25) is 11.9 Å². The molecule has 2 amide bonds. The largest absolute Gasteiger partial charge is 0.345 e. The molecule has 130 valence electrons. The average molecular weight is 340 g/mol. The molecular formula is C17H20N6O2. The van der Waals surface area contributed by atoms with E-state index in [0.29, 0.717) is 44.4 Å². The zero-order valence-electron chi connectivity index (χ0n) is 14.1. The number of aromatic nitrogens is 3. The van der Waals surface area contributed by atoms with Gasteiger partial charge in [0.05, 0.1) is 12.2 Å². The third-order valence-corrected chi connectivity index (χ3v) is 4.04. The number of hydrogen-bond donors (Lipinski definition) is 1. The van der Waals surface area contributed by atoms with E-state index in [4.69, 9.17) is 0 Å². The number of nitrogens with one attached hydrogen (secondary N) is 1. The lowest BCUT2D eigenvalue weighted by atomic mass is 10.3. The number of amides is 2. The number of carbonyl (C=O) groups is 2. The lowest BCUT2D eigenvalue weighted by Gasteiger charge is -2.34. The Balaban J connectivity index is 1.61. The molecule has 1 fully saturated rings. The minimum absolute atomic E-state index is 0.0724. The van der Waals surface area contributed by atoms with Crippen LogP contribution in [0, 0.1) is 0 Å². The van der Waals surface area contributed by atoms with Gasteiger partial charge in [-0.05, 0) is 18.2 Å². The molecule has 1 aliphatic rings. The fraction of sp³-hybridized carbons (Fsp3) is 0.353. The van der Waals surface area contributed by atoms with Crippen LogP contribution in [0.2, 0.25) is 0 Å². The molecule has 0 spiro atoms. The van der Waals surface area contributed by atoms with E-state index in [2.05, 4.69) is 20.3 Å². The molecule has 25 heavy (non-hydrogen) atoms. The summed E-state index contributed by atoms with van der Waals surface area (Å²) in [6, 6.07) is 7.13. The highest BCUT2D eigenvalue weighted by atomic mass is 16.2. The average Bonchev–Trinajstić information content (AvgIpc) is 2.67. The summed E-state index contributed by atoms with van der Waals surface area (Å²) >= 11 is 0. The molecule has 3 heterocycles. The van der Waals surface area contributed by atoms with Crippen LogP contribution in [-0.2, 0) is 11.3 Å². The van der Waals surface area contributed by atoms with E-state index in [1.54, 1.807) is 30.3 Å². The molecule has 0 aliphatic carbocycles. The SMILES string of the molecule is CC(=O)N1CCN(c2nccc(C(=O)NCc3ccccn3)n2)CC1. The lowest BCUT2D eigenvalue weighted by molar-refractivity contribution is -0.129. The minimum Gasteiger partial charge on any atom is -0.345 e. The summed E-state index contributed by atoms with van der Waals surface area (Å²) in [5.74, 6) is 0.314. The Morgan fingerprint density at radius 2 is 1.88 bits per heavy atom. The van der Waals surface area contributed by atoms with Gasteiger partial charge < -0.3 is 15.1 Å². The number of carbonyl (C=O) groups excluding carboxylic acids is 2. The van der Waals surface area contributed by atoms with Gasteiger partial charge in [-0.1, -0.05) is 6.07 Å². The van der Waals surface area contributed by atoms with Crippen molar-refractivity contribution >= 4 is 17.8 Å². The van der Waals surface area contributed by atoms with Crippen molar-refractivity contribution in [3.05, 3.63) is 48.0 Å². The Labute approximate surface area is 145 Å². The van der Waals surface area contributed by atoms with Crippen molar-refractivity contribution in [1.29, 1.82) is 0 Å². The Morgan fingerprint density at radius 3 is 2.56 bits per heavy atom. The summed E-state index contributed by atoms with van der Waals surface area (Å²) in [7, 11) is 0. The summed E-state index contributed by atoms with van der Waals surface area (Å²) in [5, 5.41) is 2.80. The van der Waals surface area contributed by atoms with Gasteiger partial charge in [0, 0.05) is 45.5 Å². The Hall–Kier alpha value is -3.03. The van der Waals surface area contributed by atoms with Gasteiger partial charge in [-0.3, -0.25) is 14.6 Å². The van der Waals surface area contributed by atoms with Gasteiger partial charge in [0.25, 0.3) is 5.91 Å². The molecule has 0 saturated carbocycles. The maximum absolute atomic E-state index is 12.3. The molecule has 8 nitrogen and oxygen atoms in total. The number of pyridine rings is 1. The summed E-state index contributed by atoms with van der Waals surface area (Å²) < 4.78 is 0. The third kappa shape index (κ3) is 4.28. The van der Waals surface area contributed by atoms with E-state index in [9.17, 15) is 9.59 Å². The highest BCUT2D eigenvalue weighted by Gasteiger charge is 2.21. The summed E-state index contributed by atoms with van der Waals surface area (Å²) in [6.45, 7) is 4.48. The third-order valence-electron chi connectivity index (χ3n) is 4.04. The first-order valence-electron chi connectivity index (χ1n) is 8.15. The van der Waals surface area contributed by atoms with E-state index >= 15 is 0 Å². The molecule has 3 rings (SSSR count). The van der Waals surface area contributed by atoms with Gasteiger partial charge in [-0.2, -0.15) is 0 Å². The Morgan fingerprint density at radius 1 is 1.08 bits per heavy atom. The minimum atomic E-state index is -0.267. The maximum Gasteiger partial charge on any atom is 0.270 e. The van der Waals surface area contributed by atoms with E-state index < -0.39 is 0 Å². The lowest BCUT2D eigenvalue weighted by Crippen LogP contribution is -2.48. The zero-order valence-corrected chi connectivity index (χ0v) is 14.1.